The summed E-state index contributed by atoms with van der Waals surface area (Å²) in [6.45, 7) is 0. The fourth-order valence-electron chi connectivity index (χ4n) is 2.02. The van der Waals surface area contributed by atoms with E-state index in [2.05, 4.69) is 4.98 Å². The number of thiazole rings is 1. The van der Waals surface area contributed by atoms with Crippen LogP contribution in [0.4, 0.5) is 5.69 Å². The monoisotopic (exact) mass is 316 g/mol. The highest BCUT2D eigenvalue weighted by molar-refractivity contribution is 7.19. The van der Waals surface area contributed by atoms with Crippen LogP contribution >= 0.6 is 22.9 Å². The summed E-state index contributed by atoms with van der Waals surface area (Å²) in [7, 11) is 0. The fourth-order valence-corrected chi connectivity index (χ4v) is 3.15. The molecule has 1 heterocycles. The Morgan fingerprint density at radius 2 is 1.67 bits per heavy atom. The van der Waals surface area contributed by atoms with Crippen molar-refractivity contribution >= 4 is 28.6 Å². The van der Waals surface area contributed by atoms with E-state index in [9.17, 15) is 10.1 Å². The molecule has 0 aliphatic heterocycles. The molecule has 0 amide bonds. The zero-order valence-electron chi connectivity index (χ0n) is 10.7. The van der Waals surface area contributed by atoms with Gasteiger partial charge in [0.05, 0.1) is 15.5 Å². The topological polar surface area (TPSA) is 56.0 Å². The molecule has 0 aliphatic rings. The number of hydrogen-bond donors (Lipinski definition) is 0. The molecule has 0 saturated carbocycles. The molecule has 21 heavy (non-hydrogen) atoms. The molecule has 0 unspecified atom stereocenters. The normalized spacial score (nSPS) is 10.5. The highest BCUT2D eigenvalue weighted by Gasteiger charge is 2.15. The largest absolute Gasteiger partial charge is 0.269 e. The van der Waals surface area contributed by atoms with Crippen LogP contribution in [0.2, 0.25) is 4.47 Å². The Labute approximate surface area is 129 Å². The van der Waals surface area contributed by atoms with E-state index in [4.69, 9.17) is 11.6 Å². The fraction of sp³-hybridized carbons (Fsp3) is 0. The number of non-ortho nitro benzene ring substituents is 1. The van der Waals surface area contributed by atoms with Crippen LogP contribution in [0.3, 0.4) is 0 Å². The number of nitrogens with zero attached hydrogens (tertiary/aromatic N) is 2. The van der Waals surface area contributed by atoms with Crippen LogP contribution < -0.4 is 0 Å². The van der Waals surface area contributed by atoms with Crippen LogP contribution in [0, 0.1) is 10.1 Å². The molecule has 1 aromatic heterocycles. The van der Waals surface area contributed by atoms with Crippen molar-refractivity contribution in [2.24, 2.45) is 0 Å². The lowest BCUT2D eigenvalue weighted by Crippen LogP contribution is -1.87. The Balaban J connectivity index is 2.09. The first-order valence-electron chi connectivity index (χ1n) is 6.12. The predicted molar refractivity (Wildman–Crippen MR) is 84.7 cm³/mol. The minimum absolute atomic E-state index is 0.0654. The maximum Gasteiger partial charge on any atom is 0.269 e. The summed E-state index contributed by atoms with van der Waals surface area (Å²) in [4.78, 5) is 15.6. The SMILES string of the molecule is O=[N+]([O-])c1ccc(-c2sc(Cl)nc2-c2ccccc2)cc1. The van der Waals surface area contributed by atoms with Crippen LogP contribution in [0.25, 0.3) is 21.7 Å². The van der Waals surface area contributed by atoms with Gasteiger partial charge in [-0.15, -0.1) is 11.3 Å². The van der Waals surface area contributed by atoms with Crippen molar-refractivity contribution in [1.29, 1.82) is 0 Å². The third-order valence-electron chi connectivity index (χ3n) is 2.99. The minimum Gasteiger partial charge on any atom is -0.258 e. The summed E-state index contributed by atoms with van der Waals surface area (Å²) in [5, 5.41) is 10.7. The number of hydrogen-bond acceptors (Lipinski definition) is 4. The molecule has 0 radical (unpaired) electrons. The van der Waals surface area contributed by atoms with Gasteiger partial charge in [0.25, 0.3) is 5.69 Å². The van der Waals surface area contributed by atoms with Crippen molar-refractivity contribution in [2.75, 3.05) is 0 Å². The smallest absolute Gasteiger partial charge is 0.258 e. The van der Waals surface area contributed by atoms with Crippen molar-refractivity contribution < 1.29 is 4.92 Å². The van der Waals surface area contributed by atoms with Gasteiger partial charge in [0, 0.05) is 17.7 Å². The zero-order valence-corrected chi connectivity index (χ0v) is 12.3. The Bertz CT molecular complexity index is 785. The molecule has 0 bridgehead atoms. The third kappa shape index (κ3) is 2.79. The van der Waals surface area contributed by atoms with E-state index in [1.54, 1.807) is 12.1 Å². The average molecular weight is 317 g/mol. The van der Waals surface area contributed by atoms with Crippen molar-refractivity contribution in [1.82, 2.24) is 4.98 Å². The molecule has 3 aromatic rings. The average Bonchev–Trinajstić information content (AvgIpc) is 2.90. The highest BCUT2D eigenvalue weighted by Crippen LogP contribution is 2.38. The molecular weight excluding hydrogens is 308 g/mol. The van der Waals surface area contributed by atoms with E-state index >= 15 is 0 Å². The molecule has 0 fully saturated rings. The Morgan fingerprint density at radius 1 is 1.00 bits per heavy atom. The standard InChI is InChI=1S/C15H9ClN2O2S/c16-15-17-13(10-4-2-1-3-5-10)14(21-15)11-6-8-12(9-7-11)18(19)20/h1-9H. The molecular formula is C15H9ClN2O2S. The van der Waals surface area contributed by atoms with Gasteiger partial charge in [0.15, 0.2) is 4.47 Å². The number of benzene rings is 2. The highest BCUT2D eigenvalue weighted by atomic mass is 35.5. The molecule has 104 valence electrons. The van der Waals surface area contributed by atoms with Crippen LogP contribution in [0.5, 0.6) is 0 Å². The third-order valence-corrected chi connectivity index (χ3v) is 4.20. The molecule has 0 saturated heterocycles. The Kier molecular flexibility index (Phi) is 3.68. The van der Waals surface area contributed by atoms with Gasteiger partial charge in [-0.05, 0) is 17.7 Å². The predicted octanol–water partition coefficient (Wildman–Crippen LogP) is 5.04. The zero-order chi connectivity index (χ0) is 14.8. The van der Waals surface area contributed by atoms with Crippen molar-refractivity contribution in [2.45, 2.75) is 0 Å². The van der Waals surface area contributed by atoms with Crippen LogP contribution in [0.1, 0.15) is 0 Å². The summed E-state index contributed by atoms with van der Waals surface area (Å²) >= 11 is 7.41. The Morgan fingerprint density at radius 3 is 2.29 bits per heavy atom. The van der Waals surface area contributed by atoms with Gasteiger partial charge in [-0.2, -0.15) is 0 Å². The molecule has 2 aromatic carbocycles. The van der Waals surface area contributed by atoms with E-state index in [-0.39, 0.29) is 5.69 Å². The lowest BCUT2D eigenvalue weighted by Gasteiger charge is -2.02. The van der Waals surface area contributed by atoms with E-state index in [0.29, 0.717) is 4.47 Å². The van der Waals surface area contributed by atoms with Gasteiger partial charge in [0.1, 0.15) is 0 Å². The van der Waals surface area contributed by atoms with Crippen LogP contribution in [-0.2, 0) is 0 Å². The maximum atomic E-state index is 10.7. The maximum absolute atomic E-state index is 10.7. The van der Waals surface area contributed by atoms with Gasteiger partial charge >= 0.3 is 0 Å². The molecule has 0 atom stereocenters. The van der Waals surface area contributed by atoms with Crippen molar-refractivity contribution in [3.63, 3.8) is 0 Å². The Hall–Kier alpha value is -2.24. The quantitative estimate of drug-likeness (QED) is 0.502. The number of rotatable bonds is 3. The minimum atomic E-state index is -0.415. The number of halogens is 1. The van der Waals surface area contributed by atoms with Crippen LogP contribution in [0.15, 0.2) is 54.6 Å². The summed E-state index contributed by atoms with van der Waals surface area (Å²) in [6, 6.07) is 16.1. The van der Waals surface area contributed by atoms with E-state index in [0.717, 1.165) is 21.7 Å². The summed E-state index contributed by atoms with van der Waals surface area (Å²) in [6.07, 6.45) is 0. The van der Waals surface area contributed by atoms with Gasteiger partial charge in [-0.1, -0.05) is 41.9 Å². The van der Waals surface area contributed by atoms with Gasteiger partial charge in [-0.3, -0.25) is 10.1 Å². The first-order chi connectivity index (χ1) is 10.1. The van der Waals surface area contributed by atoms with Gasteiger partial charge in [-0.25, -0.2) is 4.98 Å². The van der Waals surface area contributed by atoms with Gasteiger partial charge in [0.2, 0.25) is 0 Å². The van der Waals surface area contributed by atoms with E-state index in [1.807, 2.05) is 30.3 Å². The molecule has 0 aliphatic carbocycles. The first-order valence-corrected chi connectivity index (χ1v) is 7.31. The van der Waals surface area contributed by atoms with Crippen molar-refractivity contribution in [3.8, 4) is 21.7 Å². The lowest BCUT2D eigenvalue weighted by atomic mass is 10.1. The van der Waals surface area contributed by atoms with Gasteiger partial charge < -0.3 is 0 Å². The summed E-state index contributed by atoms with van der Waals surface area (Å²) < 4.78 is 0.446. The summed E-state index contributed by atoms with van der Waals surface area (Å²) in [5.74, 6) is 0. The molecule has 0 spiro atoms. The second-order valence-electron chi connectivity index (χ2n) is 4.31. The molecule has 0 N–H and O–H groups in total. The number of nitro benzene ring substituents is 1. The molecule has 3 rings (SSSR count). The van der Waals surface area contributed by atoms with E-state index in [1.165, 1.54) is 23.5 Å². The number of aromatic nitrogens is 1. The number of nitro groups is 1. The first kappa shape index (κ1) is 13.7. The molecule has 4 nitrogen and oxygen atoms in total. The van der Waals surface area contributed by atoms with Crippen molar-refractivity contribution in [3.05, 3.63) is 69.2 Å². The van der Waals surface area contributed by atoms with E-state index < -0.39 is 4.92 Å². The lowest BCUT2D eigenvalue weighted by molar-refractivity contribution is -0.384. The second kappa shape index (κ2) is 5.63. The summed E-state index contributed by atoms with van der Waals surface area (Å²) in [5.41, 5.74) is 2.69. The molecule has 6 heteroatoms. The second-order valence-corrected chi connectivity index (χ2v) is 5.90. The van der Waals surface area contributed by atoms with Crippen LogP contribution in [-0.4, -0.2) is 9.91 Å².